The smallest absolute Gasteiger partial charge is 0.165 e. The summed E-state index contributed by atoms with van der Waals surface area (Å²) in [4.78, 5) is 0. The van der Waals surface area contributed by atoms with E-state index in [1.54, 1.807) is 12.5 Å². The first-order valence-corrected chi connectivity index (χ1v) is 5.66. The minimum Gasteiger partial charge on any atom is -0.466 e. The topological polar surface area (TPSA) is 18.5 Å². The summed E-state index contributed by atoms with van der Waals surface area (Å²) in [5.74, 6) is 0.825. The van der Waals surface area contributed by atoms with Crippen molar-refractivity contribution in [2.24, 2.45) is 0 Å². The lowest BCUT2D eigenvalue weighted by atomic mass is 9.97. The van der Waals surface area contributed by atoms with Gasteiger partial charge < -0.3 is 9.47 Å². The Labute approximate surface area is 91.7 Å². The van der Waals surface area contributed by atoms with E-state index in [1.165, 1.54) is 17.4 Å². The summed E-state index contributed by atoms with van der Waals surface area (Å²) in [5.41, 5.74) is 2.50. The predicted molar refractivity (Wildman–Crippen MR) is 58.6 cm³/mol. The van der Waals surface area contributed by atoms with Crippen LogP contribution in [0.5, 0.6) is 0 Å². The summed E-state index contributed by atoms with van der Waals surface area (Å²) in [6, 6.07) is 0. The van der Waals surface area contributed by atoms with Gasteiger partial charge in [-0.25, -0.2) is 0 Å². The monoisotopic (exact) mass is 254 g/mol. The number of rotatable bonds is 2. The molecule has 0 spiro atoms. The highest BCUT2D eigenvalue weighted by atomic mass is 79.9. The third-order valence-electron chi connectivity index (χ3n) is 2.21. The fraction of sp³-hybridized carbons (Fsp3) is 0.273. The lowest BCUT2D eigenvalue weighted by molar-refractivity contribution is 0.262. The van der Waals surface area contributed by atoms with E-state index in [2.05, 4.69) is 28.1 Å². The van der Waals surface area contributed by atoms with E-state index in [9.17, 15) is 0 Å². The van der Waals surface area contributed by atoms with Gasteiger partial charge in [0.15, 0.2) is 5.76 Å². The van der Waals surface area contributed by atoms with E-state index in [4.69, 9.17) is 9.47 Å². The van der Waals surface area contributed by atoms with E-state index >= 15 is 0 Å². The van der Waals surface area contributed by atoms with Crippen molar-refractivity contribution in [3.63, 3.8) is 0 Å². The Bertz CT molecular complexity index is 337. The summed E-state index contributed by atoms with van der Waals surface area (Å²) < 4.78 is 10.5. The molecule has 0 bridgehead atoms. The number of hydrogen-bond donors (Lipinski definition) is 0. The first kappa shape index (κ1) is 9.59. The Hall–Kier alpha value is -0.960. The molecule has 0 aromatic carbocycles. The molecule has 0 aromatic rings. The Morgan fingerprint density at radius 3 is 3.00 bits per heavy atom. The molecule has 0 unspecified atom stereocenters. The molecule has 0 radical (unpaired) electrons. The number of hydrogen-bond acceptors (Lipinski definition) is 2. The minimum atomic E-state index is 0.825. The van der Waals surface area contributed by atoms with Crippen molar-refractivity contribution in [1.29, 1.82) is 0 Å². The molecule has 14 heavy (non-hydrogen) atoms. The van der Waals surface area contributed by atoms with Crippen LogP contribution < -0.4 is 0 Å². The standard InChI is InChI=1S/C11H11BrO2/c12-7-9-3-1-2-4-10(9)11-8-13-5-6-14-11/h1,3,5-6,8H,2,4,7H2. The molecule has 0 amide bonds. The lowest BCUT2D eigenvalue weighted by Crippen LogP contribution is -2.03. The molecule has 0 saturated heterocycles. The van der Waals surface area contributed by atoms with E-state index in [1.807, 2.05) is 0 Å². The first-order chi connectivity index (χ1) is 6.92. The molecule has 1 aliphatic carbocycles. The summed E-state index contributed by atoms with van der Waals surface area (Å²) in [5, 5.41) is 0.850. The van der Waals surface area contributed by atoms with E-state index in [0.717, 1.165) is 23.9 Å². The average molecular weight is 255 g/mol. The fourth-order valence-electron chi connectivity index (χ4n) is 1.53. The molecule has 3 heteroatoms. The van der Waals surface area contributed by atoms with Crippen molar-refractivity contribution >= 4 is 15.9 Å². The van der Waals surface area contributed by atoms with Crippen molar-refractivity contribution in [2.45, 2.75) is 12.8 Å². The molecule has 0 aromatic heterocycles. The van der Waals surface area contributed by atoms with E-state index in [-0.39, 0.29) is 0 Å². The number of ether oxygens (including phenoxy) is 2. The molecule has 2 rings (SSSR count). The van der Waals surface area contributed by atoms with Crippen LogP contribution >= 0.6 is 15.9 Å². The van der Waals surface area contributed by atoms with Gasteiger partial charge in [-0.15, -0.1) is 0 Å². The van der Waals surface area contributed by atoms with E-state index < -0.39 is 0 Å². The lowest BCUT2D eigenvalue weighted by Gasteiger charge is -2.18. The quantitative estimate of drug-likeness (QED) is 0.704. The Morgan fingerprint density at radius 2 is 2.29 bits per heavy atom. The zero-order chi connectivity index (χ0) is 9.80. The van der Waals surface area contributed by atoms with Crippen molar-refractivity contribution in [2.75, 3.05) is 5.33 Å². The molecule has 2 aliphatic rings. The van der Waals surface area contributed by atoms with Crippen LogP contribution in [-0.4, -0.2) is 5.33 Å². The van der Waals surface area contributed by atoms with Gasteiger partial charge in [-0.1, -0.05) is 28.1 Å². The van der Waals surface area contributed by atoms with Gasteiger partial charge in [-0.05, 0) is 18.4 Å². The number of alkyl halides is 1. The van der Waals surface area contributed by atoms with Crippen LogP contribution in [0.3, 0.4) is 0 Å². The van der Waals surface area contributed by atoms with Crippen LogP contribution in [0.1, 0.15) is 12.8 Å². The SMILES string of the molecule is BrCC1=C(C2=COC=CO2)CCC=C1. The summed E-state index contributed by atoms with van der Waals surface area (Å²) in [7, 11) is 0. The van der Waals surface area contributed by atoms with Gasteiger partial charge in [0.1, 0.15) is 18.8 Å². The van der Waals surface area contributed by atoms with Gasteiger partial charge in [0.2, 0.25) is 0 Å². The maximum absolute atomic E-state index is 5.39. The Kier molecular flexibility index (Phi) is 3.09. The number of allylic oxidation sites excluding steroid dienone is 4. The molecular weight excluding hydrogens is 244 g/mol. The van der Waals surface area contributed by atoms with Crippen molar-refractivity contribution < 1.29 is 9.47 Å². The average Bonchev–Trinajstić information content (AvgIpc) is 2.30. The minimum absolute atomic E-state index is 0.825. The Morgan fingerprint density at radius 1 is 1.36 bits per heavy atom. The van der Waals surface area contributed by atoms with Crippen molar-refractivity contribution in [3.05, 3.63) is 47.8 Å². The third kappa shape index (κ3) is 1.93. The molecule has 1 heterocycles. The van der Waals surface area contributed by atoms with Crippen LogP contribution in [0.15, 0.2) is 47.8 Å². The largest absolute Gasteiger partial charge is 0.466 e. The predicted octanol–water partition coefficient (Wildman–Crippen LogP) is 3.39. The summed E-state index contributed by atoms with van der Waals surface area (Å²) >= 11 is 3.47. The molecule has 0 atom stereocenters. The normalized spacial score (nSPS) is 20.2. The van der Waals surface area contributed by atoms with E-state index in [0.29, 0.717) is 0 Å². The molecule has 0 saturated carbocycles. The van der Waals surface area contributed by atoms with Crippen LogP contribution in [0, 0.1) is 0 Å². The van der Waals surface area contributed by atoms with Gasteiger partial charge in [0.25, 0.3) is 0 Å². The molecule has 2 nitrogen and oxygen atoms in total. The third-order valence-corrected chi connectivity index (χ3v) is 2.82. The van der Waals surface area contributed by atoms with Gasteiger partial charge in [-0.3, -0.25) is 0 Å². The van der Waals surface area contributed by atoms with Crippen LogP contribution in [-0.2, 0) is 9.47 Å². The molecule has 1 aliphatic heterocycles. The molecule has 74 valence electrons. The second-order valence-corrected chi connectivity index (χ2v) is 3.65. The zero-order valence-corrected chi connectivity index (χ0v) is 9.29. The maximum atomic E-state index is 5.39. The van der Waals surface area contributed by atoms with Crippen molar-refractivity contribution in [3.8, 4) is 0 Å². The van der Waals surface area contributed by atoms with Gasteiger partial charge in [0.05, 0.1) is 0 Å². The van der Waals surface area contributed by atoms with Crippen LogP contribution in [0.25, 0.3) is 0 Å². The highest BCUT2D eigenvalue weighted by molar-refractivity contribution is 9.09. The van der Waals surface area contributed by atoms with Crippen LogP contribution in [0.4, 0.5) is 0 Å². The summed E-state index contributed by atoms with van der Waals surface area (Å²) in [6.45, 7) is 0. The molecular formula is C11H11BrO2. The van der Waals surface area contributed by atoms with Gasteiger partial charge in [0, 0.05) is 10.9 Å². The maximum Gasteiger partial charge on any atom is 0.165 e. The zero-order valence-electron chi connectivity index (χ0n) is 7.70. The Balaban J connectivity index is 2.26. The second-order valence-electron chi connectivity index (χ2n) is 3.09. The first-order valence-electron chi connectivity index (χ1n) is 4.54. The van der Waals surface area contributed by atoms with Crippen molar-refractivity contribution in [1.82, 2.24) is 0 Å². The highest BCUT2D eigenvalue weighted by Crippen LogP contribution is 2.28. The second kappa shape index (κ2) is 4.51. The molecule has 0 N–H and O–H groups in total. The van der Waals surface area contributed by atoms with Gasteiger partial charge in [-0.2, -0.15) is 0 Å². The van der Waals surface area contributed by atoms with Gasteiger partial charge >= 0.3 is 0 Å². The summed E-state index contributed by atoms with van der Waals surface area (Å²) in [6.07, 6.45) is 11.1. The number of halogens is 1. The fourth-order valence-corrected chi connectivity index (χ4v) is 2.05. The highest BCUT2D eigenvalue weighted by Gasteiger charge is 2.14. The van der Waals surface area contributed by atoms with Crippen LogP contribution in [0.2, 0.25) is 0 Å². The molecule has 0 fully saturated rings.